The molecule has 0 spiro atoms. The lowest BCUT2D eigenvalue weighted by Crippen LogP contribution is -2.37. The third-order valence-electron chi connectivity index (χ3n) is 2.98. The number of benzene rings is 1. The highest BCUT2D eigenvalue weighted by atomic mass is 16.5. The maximum Gasteiger partial charge on any atom is 0.143 e. The molecule has 1 aliphatic heterocycles. The van der Waals surface area contributed by atoms with Gasteiger partial charge in [0.05, 0.1) is 25.1 Å². The van der Waals surface area contributed by atoms with Crippen molar-refractivity contribution in [3.63, 3.8) is 0 Å². The number of ether oxygens (including phenoxy) is 2. The Kier molecular flexibility index (Phi) is 3.40. The Morgan fingerprint density at radius 3 is 3.06 bits per heavy atom. The van der Waals surface area contributed by atoms with Crippen LogP contribution in [-0.4, -0.2) is 37.6 Å². The summed E-state index contributed by atoms with van der Waals surface area (Å²) in [6.07, 6.45) is 0.643. The van der Waals surface area contributed by atoms with Gasteiger partial charge in [0.25, 0.3) is 0 Å². The number of aliphatic hydroxyl groups is 1. The predicted molar refractivity (Wildman–Crippen MR) is 66.3 cm³/mol. The van der Waals surface area contributed by atoms with E-state index >= 15 is 0 Å². The van der Waals surface area contributed by atoms with E-state index in [4.69, 9.17) is 15.2 Å². The predicted octanol–water partition coefficient (Wildman–Crippen LogP) is 0.841. The molecular weight excluding hydrogens is 220 g/mol. The highest BCUT2D eigenvalue weighted by Gasteiger charge is 2.32. The molecule has 0 amide bonds. The molecule has 1 aromatic rings. The number of nitrogen functional groups attached to an aromatic ring is 1. The van der Waals surface area contributed by atoms with E-state index in [1.54, 1.807) is 13.2 Å². The molecule has 1 aliphatic rings. The minimum atomic E-state index is -0.796. The van der Waals surface area contributed by atoms with Crippen LogP contribution in [-0.2, 0) is 4.74 Å². The van der Waals surface area contributed by atoms with Gasteiger partial charge in [-0.3, -0.25) is 0 Å². The number of methoxy groups -OCH3 is 1. The zero-order chi connectivity index (χ0) is 12.3. The van der Waals surface area contributed by atoms with Crippen LogP contribution in [0.3, 0.4) is 0 Å². The van der Waals surface area contributed by atoms with Crippen LogP contribution < -0.4 is 15.8 Å². The molecule has 1 unspecified atom stereocenters. The van der Waals surface area contributed by atoms with Crippen LogP contribution in [0.25, 0.3) is 0 Å². The van der Waals surface area contributed by atoms with E-state index in [0.29, 0.717) is 37.6 Å². The number of rotatable bonds is 4. The number of hydrogen-bond donors (Lipinski definition) is 3. The monoisotopic (exact) mass is 238 g/mol. The Morgan fingerprint density at radius 1 is 1.59 bits per heavy atom. The number of nitrogens with one attached hydrogen (secondary N) is 1. The molecule has 5 nitrogen and oxygen atoms in total. The smallest absolute Gasteiger partial charge is 0.143 e. The summed E-state index contributed by atoms with van der Waals surface area (Å²) in [6.45, 7) is 1.39. The van der Waals surface area contributed by atoms with Gasteiger partial charge in [-0.2, -0.15) is 0 Å². The SMILES string of the molecule is COc1cccc(NCC2(O)CCOC2)c1N. The van der Waals surface area contributed by atoms with Gasteiger partial charge in [-0.1, -0.05) is 6.07 Å². The van der Waals surface area contributed by atoms with Gasteiger partial charge in [-0.15, -0.1) is 0 Å². The second-order valence-electron chi connectivity index (χ2n) is 4.30. The van der Waals surface area contributed by atoms with E-state index in [2.05, 4.69) is 5.32 Å². The Hall–Kier alpha value is -1.46. The van der Waals surface area contributed by atoms with Crippen LogP contribution in [0.15, 0.2) is 18.2 Å². The summed E-state index contributed by atoms with van der Waals surface area (Å²) in [5.41, 5.74) is 6.45. The molecule has 94 valence electrons. The largest absolute Gasteiger partial charge is 0.495 e. The molecule has 5 heteroatoms. The molecule has 1 aromatic carbocycles. The number of nitrogens with two attached hydrogens (primary N) is 1. The fourth-order valence-electron chi connectivity index (χ4n) is 1.87. The molecule has 4 N–H and O–H groups in total. The van der Waals surface area contributed by atoms with E-state index in [-0.39, 0.29) is 0 Å². The lowest BCUT2D eigenvalue weighted by atomic mass is 10.0. The maximum atomic E-state index is 10.1. The van der Waals surface area contributed by atoms with Crippen LogP contribution in [0.5, 0.6) is 5.75 Å². The van der Waals surface area contributed by atoms with E-state index in [0.717, 1.165) is 5.69 Å². The topological polar surface area (TPSA) is 76.7 Å². The Bertz CT molecular complexity index is 389. The lowest BCUT2D eigenvalue weighted by molar-refractivity contribution is 0.0382. The van der Waals surface area contributed by atoms with Crippen LogP contribution in [0.1, 0.15) is 6.42 Å². The van der Waals surface area contributed by atoms with Crippen molar-refractivity contribution < 1.29 is 14.6 Å². The second-order valence-corrected chi connectivity index (χ2v) is 4.30. The second kappa shape index (κ2) is 4.81. The highest BCUT2D eigenvalue weighted by molar-refractivity contribution is 5.72. The van der Waals surface area contributed by atoms with Crippen molar-refractivity contribution in [2.75, 3.05) is 37.9 Å². The van der Waals surface area contributed by atoms with Gasteiger partial charge in [-0.05, 0) is 12.1 Å². The third-order valence-corrected chi connectivity index (χ3v) is 2.98. The van der Waals surface area contributed by atoms with Gasteiger partial charge < -0.3 is 25.6 Å². The van der Waals surface area contributed by atoms with Crippen molar-refractivity contribution in [3.8, 4) is 5.75 Å². The summed E-state index contributed by atoms with van der Waals surface area (Å²) in [7, 11) is 1.58. The van der Waals surface area contributed by atoms with Gasteiger partial charge in [-0.25, -0.2) is 0 Å². The van der Waals surface area contributed by atoms with Gasteiger partial charge in [0.1, 0.15) is 11.4 Å². The van der Waals surface area contributed by atoms with Gasteiger partial charge in [0.2, 0.25) is 0 Å². The van der Waals surface area contributed by atoms with Crippen LogP contribution in [0.4, 0.5) is 11.4 Å². The molecule has 17 heavy (non-hydrogen) atoms. The van der Waals surface area contributed by atoms with Gasteiger partial charge in [0.15, 0.2) is 0 Å². The quantitative estimate of drug-likeness (QED) is 0.678. The molecule has 1 saturated heterocycles. The molecule has 0 radical (unpaired) electrons. The average molecular weight is 238 g/mol. The first-order valence-corrected chi connectivity index (χ1v) is 5.61. The van der Waals surface area contributed by atoms with Gasteiger partial charge >= 0.3 is 0 Å². The number of hydrogen-bond acceptors (Lipinski definition) is 5. The summed E-state index contributed by atoms with van der Waals surface area (Å²) in [4.78, 5) is 0. The number of anilines is 2. The molecule has 1 heterocycles. The fourth-order valence-corrected chi connectivity index (χ4v) is 1.87. The van der Waals surface area contributed by atoms with Crippen molar-refractivity contribution >= 4 is 11.4 Å². The summed E-state index contributed by atoms with van der Waals surface area (Å²) in [6, 6.07) is 5.51. The van der Waals surface area contributed by atoms with Crippen molar-refractivity contribution in [2.45, 2.75) is 12.0 Å². The Morgan fingerprint density at radius 2 is 2.41 bits per heavy atom. The molecule has 2 rings (SSSR count). The molecule has 0 bridgehead atoms. The van der Waals surface area contributed by atoms with Gasteiger partial charge in [0, 0.05) is 19.6 Å². The summed E-state index contributed by atoms with van der Waals surface area (Å²) < 4.78 is 10.3. The summed E-state index contributed by atoms with van der Waals surface area (Å²) in [5, 5.41) is 13.2. The standard InChI is InChI=1S/C12H18N2O3/c1-16-10-4-2-3-9(11(10)13)14-7-12(15)5-6-17-8-12/h2-4,14-15H,5-8,13H2,1H3. The zero-order valence-electron chi connectivity index (χ0n) is 9.90. The normalized spacial score (nSPS) is 23.6. The number of para-hydroxylation sites is 1. The average Bonchev–Trinajstić information content (AvgIpc) is 2.75. The van der Waals surface area contributed by atoms with E-state index in [1.165, 1.54) is 0 Å². The van der Waals surface area contributed by atoms with Crippen molar-refractivity contribution in [1.82, 2.24) is 0 Å². The van der Waals surface area contributed by atoms with Crippen LogP contribution >= 0.6 is 0 Å². The van der Waals surface area contributed by atoms with Crippen LogP contribution in [0.2, 0.25) is 0 Å². The first-order chi connectivity index (χ1) is 8.14. The third kappa shape index (κ3) is 2.62. The van der Waals surface area contributed by atoms with Crippen LogP contribution in [0, 0.1) is 0 Å². The zero-order valence-corrected chi connectivity index (χ0v) is 9.90. The van der Waals surface area contributed by atoms with Crippen molar-refractivity contribution in [1.29, 1.82) is 0 Å². The fraction of sp³-hybridized carbons (Fsp3) is 0.500. The summed E-state index contributed by atoms with van der Waals surface area (Å²) in [5.74, 6) is 0.629. The minimum absolute atomic E-state index is 0.365. The molecule has 0 aromatic heterocycles. The van der Waals surface area contributed by atoms with E-state index in [9.17, 15) is 5.11 Å². The van der Waals surface area contributed by atoms with E-state index in [1.807, 2.05) is 12.1 Å². The van der Waals surface area contributed by atoms with Crippen molar-refractivity contribution in [3.05, 3.63) is 18.2 Å². The maximum absolute atomic E-state index is 10.1. The molecule has 1 fully saturated rings. The summed E-state index contributed by atoms with van der Waals surface area (Å²) >= 11 is 0. The first-order valence-electron chi connectivity index (χ1n) is 5.61. The Balaban J connectivity index is 2.03. The molecular formula is C12H18N2O3. The van der Waals surface area contributed by atoms with Crippen molar-refractivity contribution in [2.24, 2.45) is 0 Å². The lowest BCUT2D eigenvalue weighted by Gasteiger charge is -2.22. The Labute approximate surface area is 101 Å². The molecule has 0 saturated carbocycles. The minimum Gasteiger partial charge on any atom is -0.495 e. The van der Waals surface area contributed by atoms with E-state index < -0.39 is 5.60 Å². The molecule has 0 aliphatic carbocycles. The highest BCUT2D eigenvalue weighted by Crippen LogP contribution is 2.29. The first kappa shape index (κ1) is 12.0. The molecule has 1 atom stereocenters.